The third kappa shape index (κ3) is 2.07. The van der Waals surface area contributed by atoms with Gasteiger partial charge in [0.25, 0.3) is 0 Å². The Kier molecular flexibility index (Phi) is 3.03. The second kappa shape index (κ2) is 4.91. The van der Waals surface area contributed by atoms with Crippen molar-refractivity contribution in [3.05, 3.63) is 29.5 Å². The van der Waals surface area contributed by atoms with E-state index in [-0.39, 0.29) is 0 Å². The van der Waals surface area contributed by atoms with Gasteiger partial charge in [-0.25, -0.2) is 4.98 Å². The second-order valence-corrected chi connectivity index (χ2v) is 6.11. The summed E-state index contributed by atoms with van der Waals surface area (Å²) < 4.78 is 5.66. The van der Waals surface area contributed by atoms with Crippen LogP contribution in [0.3, 0.4) is 0 Å². The predicted molar refractivity (Wildman–Crippen MR) is 84.0 cm³/mol. The summed E-state index contributed by atoms with van der Waals surface area (Å²) in [5.41, 5.74) is 4.11. The van der Waals surface area contributed by atoms with Gasteiger partial charge in [0.2, 0.25) is 0 Å². The lowest BCUT2D eigenvalue weighted by Gasteiger charge is -2.30. The third-order valence-corrected chi connectivity index (χ3v) is 4.72. The zero-order valence-electron chi connectivity index (χ0n) is 12.2. The number of aryl methyl sites for hydroxylation is 1. The van der Waals surface area contributed by atoms with Gasteiger partial charge >= 0.3 is 7.12 Å². The van der Waals surface area contributed by atoms with Gasteiger partial charge < -0.3 is 14.7 Å². The van der Waals surface area contributed by atoms with Crippen molar-refractivity contribution in [1.29, 1.82) is 0 Å². The van der Waals surface area contributed by atoms with E-state index in [2.05, 4.69) is 16.0 Å². The van der Waals surface area contributed by atoms with Gasteiger partial charge in [0, 0.05) is 17.1 Å². The quantitative estimate of drug-likeness (QED) is 0.789. The maximum Gasteiger partial charge on any atom is 0.552 e. The van der Waals surface area contributed by atoms with Crippen LogP contribution in [0.5, 0.6) is 5.75 Å². The molecule has 0 bridgehead atoms. The van der Waals surface area contributed by atoms with E-state index in [1.165, 1.54) is 37.7 Å². The number of aromatic nitrogens is 2. The fourth-order valence-electron chi connectivity index (χ4n) is 3.75. The normalized spacial score (nSPS) is 19.3. The Labute approximate surface area is 124 Å². The molecule has 0 unspecified atom stereocenters. The smallest absolute Gasteiger partial charge is 0.531 e. The summed E-state index contributed by atoms with van der Waals surface area (Å²) in [7, 11) is -0.855. The Morgan fingerprint density at radius 1 is 1.33 bits per heavy atom. The first-order valence-electron chi connectivity index (χ1n) is 7.78. The number of H-pyrrole nitrogens is 1. The van der Waals surface area contributed by atoms with Gasteiger partial charge in [0.05, 0.1) is 5.69 Å². The van der Waals surface area contributed by atoms with Gasteiger partial charge in [-0.1, -0.05) is 19.3 Å². The Morgan fingerprint density at radius 2 is 2.14 bits per heavy atom. The maximum absolute atomic E-state index is 10.1. The Balaban J connectivity index is 1.92. The van der Waals surface area contributed by atoms with Gasteiger partial charge in [0.1, 0.15) is 11.4 Å². The van der Waals surface area contributed by atoms with Crippen LogP contribution in [0.25, 0.3) is 16.6 Å². The Bertz CT molecular complexity index is 716. The SMILES string of the molecule is Cc1nc2[nH]ccc2c2c1OB(O)C=C2C1CCCCC1. The summed E-state index contributed by atoms with van der Waals surface area (Å²) in [5.74, 6) is 3.16. The molecule has 0 amide bonds. The zero-order chi connectivity index (χ0) is 14.4. The molecule has 0 radical (unpaired) electrons. The lowest BCUT2D eigenvalue weighted by atomic mass is 9.72. The molecule has 1 aliphatic carbocycles. The van der Waals surface area contributed by atoms with Gasteiger partial charge in [-0.3, -0.25) is 0 Å². The van der Waals surface area contributed by atoms with Crippen LogP contribution in [0, 0.1) is 12.8 Å². The molecule has 2 N–H and O–H groups in total. The molecule has 1 saturated carbocycles. The molecule has 21 heavy (non-hydrogen) atoms. The number of allylic oxidation sites excluding steroid dienone is 1. The summed E-state index contributed by atoms with van der Waals surface area (Å²) in [6.45, 7) is 1.94. The van der Waals surface area contributed by atoms with Crippen LogP contribution in [0.4, 0.5) is 0 Å². The van der Waals surface area contributed by atoms with Crippen molar-refractivity contribution in [2.45, 2.75) is 39.0 Å². The predicted octanol–water partition coefficient (Wildman–Crippen LogP) is 3.25. The third-order valence-electron chi connectivity index (χ3n) is 4.72. The van der Waals surface area contributed by atoms with E-state index in [4.69, 9.17) is 4.65 Å². The molecular weight excluding hydrogens is 263 g/mol. The van der Waals surface area contributed by atoms with E-state index in [1.54, 1.807) is 0 Å². The van der Waals surface area contributed by atoms with Gasteiger partial charge in [0.15, 0.2) is 0 Å². The molecule has 4 rings (SSSR count). The molecular formula is C16H19BN2O2. The lowest BCUT2D eigenvalue weighted by molar-refractivity contribution is 0.410. The maximum atomic E-state index is 10.1. The van der Waals surface area contributed by atoms with E-state index in [9.17, 15) is 5.02 Å². The number of nitrogens with zero attached hydrogens (tertiary/aromatic N) is 1. The summed E-state index contributed by atoms with van der Waals surface area (Å²) >= 11 is 0. The number of hydrogen-bond donors (Lipinski definition) is 2. The molecule has 2 aliphatic rings. The fourth-order valence-corrected chi connectivity index (χ4v) is 3.75. The molecule has 2 aromatic rings. The van der Waals surface area contributed by atoms with Crippen LogP contribution in [0.2, 0.25) is 0 Å². The second-order valence-electron chi connectivity index (χ2n) is 6.11. The van der Waals surface area contributed by atoms with E-state index < -0.39 is 7.12 Å². The highest BCUT2D eigenvalue weighted by Crippen LogP contribution is 2.44. The molecule has 4 nitrogen and oxygen atoms in total. The summed E-state index contributed by atoms with van der Waals surface area (Å²) in [6, 6.07) is 2.05. The zero-order valence-corrected chi connectivity index (χ0v) is 12.2. The van der Waals surface area contributed by atoms with Crippen LogP contribution in [0.15, 0.2) is 18.2 Å². The molecule has 5 heteroatoms. The summed E-state index contributed by atoms with van der Waals surface area (Å²) in [5, 5.41) is 11.2. The summed E-state index contributed by atoms with van der Waals surface area (Å²) in [6.07, 6.45) is 8.19. The van der Waals surface area contributed by atoms with Crippen molar-refractivity contribution in [3.63, 3.8) is 0 Å². The first-order chi connectivity index (χ1) is 10.2. The lowest BCUT2D eigenvalue weighted by Crippen LogP contribution is -2.27. The number of pyridine rings is 1. The highest BCUT2D eigenvalue weighted by atomic mass is 16.5. The molecule has 0 aromatic carbocycles. The van der Waals surface area contributed by atoms with Crippen LogP contribution in [-0.2, 0) is 0 Å². The van der Waals surface area contributed by atoms with Crippen molar-refractivity contribution in [1.82, 2.24) is 9.97 Å². The van der Waals surface area contributed by atoms with Crippen molar-refractivity contribution < 1.29 is 9.68 Å². The minimum atomic E-state index is -0.855. The Morgan fingerprint density at radius 3 is 2.95 bits per heavy atom. The first-order valence-corrected chi connectivity index (χ1v) is 7.78. The van der Waals surface area contributed by atoms with Crippen molar-refractivity contribution in [3.8, 4) is 5.75 Å². The highest BCUT2D eigenvalue weighted by molar-refractivity contribution is 6.52. The van der Waals surface area contributed by atoms with Crippen LogP contribution >= 0.6 is 0 Å². The Hall–Kier alpha value is -1.75. The topological polar surface area (TPSA) is 58.1 Å². The molecule has 0 saturated heterocycles. The molecule has 2 aromatic heterocycles. The molecule has 0 atom stereocenters. The number of fused-ring (bicyclic) bond motifs is 3. The highest BCUT2D eigenvalue weighted by Gasteiger charge is 2.32. The van der Waals surface area contributed by atoms with E-state index >= 15 is 0 Å². The van der Waals surface area contributed by atoms with Crippen molar-refractivity contribution in [2.75, 3.05) is 0 Å². The number of nitrogens with one attached hydrogen (secondary N) is 1. The van der Waals surface area contributed by atoms with Crippen LogP contribution < -0.4 is 4.65 Å². The molecule has 1 fully saturated rings. The molecule has 3 heterocycles. The molecule has 0 spiro atoms. The van der Waals surface area contributed by atoms with Crippen LogP contribution in [0.1, 0.15) is 43.4 Å². The largest absolute Gasteiger partial charge is 0.552 e. The minimum Gasteiger partial charge on any atom is -0.531 e. The average Bonchev–Trinajstić information content (AvgIpc) is 2.95. The number of aromatic amines is 1. The number of rotatable bonds is 1. The summed E-state index contributed by atoms with van der Waals surface area (Å²) in [4.78, 5) is 7.73. The van der Waals surface area contributed by atoms with E-state index in [1.807, 2.05) is 19.1 Å². The van der Waals surface area contributed by atoms with Crippen molar-refractivity contribution >= 4 is 23.7 Å². The molecule has 1 aliphatic heterocycles. The van der Waals surface area contributed by atoms with Crippen LogP contribution in [-0.4, -0.2) is 22.1 Å². The van der Waals surface area contributed by atoms with E-state index in [0.717, 1.165) is 28.0 Å². The van der Waals surface area contributed by atoms with E-state index in [0.29, 0.717) is 5.92 Å². The average molecular weight is 282 g/mol. The number of hydrogen-bond acceptors (Lipinski definition) is 3. The van der Waals surface area contributed by atoms with Gasteiger partial charge in [-0.15, -0.1) is 0 Å². The van der Waals surface area contributed by atoms with Gasteiger partial charge in [-0.2, -0.15) is 0 Å². The molecule has 108 valence electrons. The van der Waals surface area contributed by atoms with Crippen molar-refractivity contribution in [2.24, 2.45) is 5.92 Å². The standard InChI is InChI=1S/C16H19BN2O2/c1-10-15-14(12-7-8-18-16(12)19-10)13(9-17(20)21-15)11-5-3-2-4-6-11/h7-9,11,20H,2-6H2,1H3,(H,18,19). The first kappa shape index (κ1) is 13.0. The fraction of sp³-hybridized carbons (Fsp3) is 0.438. The minimum absolute atomic E-state index is 0.524. The van der Waals surface area contributed by atoms with Gasteiger partial charge in [-0.05, 0) is 43.3 Å². The monoisotopic (exact) mass is 282 g/mol.